The molecule has 0 heterocycles. The molecule has 0 bridgehead atoms. The molecule has 0 saturated heterocycles. The van der Waals surface area contributed by atoms with Crippen molar-refractivity contribution in [2.75, 3.05) is 13.1 Å². The minimum absolute atomic E-state index is 1.11. The lowest BCUT2D eigenvalue weighted by atomic mass is 10.3. The second-order valence-electron chi connectivity index (χ2n) is 2.15. The van der Waals surface area contributed by atoms with E-state index in [1.54, 1.807) is 0 Å². The van der Waals surface area contributed by atoms with Crippen LogP contribution in [0.4, 0.5) is 0 Å². The van der Waals surface area contributed by atoms with Crippen molar-refractivity contribution in [3.8, 4) is 0 Å². The molecule has 0 atom stereocenters. The van der Waals surface area contributed by atoms with Crippen LogP contribution in [0, 0.1) is 0 Å². The van der Waals surface area contributed by atoms with Gasteiger partial charge in [-0.3, -0.25) is 9.11 Å². The van der Waals surface area contributed by atoms with Crippen molar-refractivity contribution in [2.24, 2.45) is 0 Å². The van der Waals surface area contributed by atoms with Gasteiger partial charge in [-0.25, -0.2) is 0 Å². The van der Waals surface area contributed by atoms with Gasteiger partial charge in [0.2, 0.25) is 0 Å². The largest absolute Gasteiger partial charge is 0.394 e. The second kappa shape index (κ2) is 8.92. The molecule has 0 aliphatic heterocycles. The molecule has 0 aromatic carbocycles. The first-order valence-electron chi connectivity index (χ1n) is 3.82. The van der Waals surface area contributed by atoms with Gasteiger partial charge in [0.15, 0.2) is 0 Å². The quantitative estimate of drug-likeness (QED) is 0.459. The molecule has 0 rings (SSSR count). The Hall–Kier alpha value is -0.170. The van der Waals surface area contributed by atoms with Crippen molar-refractivity contribution in [3.05, 3.63) is 0 Å². The first kappa shape index (κ1) is 14.4. The van der Waals surface area contributed by atoms with Crippen molar-refractivity contribution in [3.63, 3.8) is 0 Å². The third-order valence-electron chi connectivity index (χ3n) is 0.957. The van der Waals surface area contributed by atoms with Gasteiger partial charge < -0.3 is 5.32 Å². The van der Waals surface area contributed by atoms with Gasteiger partial charge >= 0.3 is 10.4 Å². The first-order valence-corrected chi connectivity index (χ1v) is 5.22. The van der Waals surface area contributed by atoms with Gasteiger partial charge in [-0.2, -0.15) is 8.42 Å². The summed E-state index contributed by atoms with van der Waals surface area (Å²) in [5.74, 6) is 0. The predicted molar refractivity (Wildman–Crippen MR) is 47.6 cm³/mol. The van der Waals surface area contributed by atoms with Crippen LogP contribution in [0.2, 0.25) is 0 Å². The van der Waals surface area contributed by atoms with Gasteiger partial charge in [0.25, 0.3) is 0 Å². The highest BCUT2D eigenvalue weighted by molar-refractivity contribution is 7.79. The molecular weight excluding hydrogens is 182 g/mol. The Bertz CT molecular complexity index is 154. The van der Waals surface area contributed by atoms with E-state index >= 15 is 0 Å². The van der Waals surface area contributed by atoms with Crippen LogP contribution in [0.3, 0.4) is 0 Å². The molecule has 0 spiro atoms. The molecule has 3 N–H and O–H groups in total. The van der Waals surface area contributed by atoms with E-state index in [-0.39, 0.29) is 0 Å². The lowest BCUT2D eigenvalue weighted by Gasteiger charge is -1.95. The van der Waals surface area contributed by atoms with Crippen molar-refractivity contribution in [2.45, 2.75) is 26.7 Å². The summed E-state index contributed by atoms with van der Waals surface area (Å²) in [5, 5.41) is 3.25. The average Bonchev–Trinajstić information content (AvgIpc) is 1.85. The van der Waals surface area contributed by atoms with Crippen LogP contribution >= 0.6 is 0 Å². The van der Waals surface area contributed by atoms with Gasteiger partial charge in [0.1, 0.15) is 0 Å². The summed E-state index contributed by atoms with van der Waals surface area (Å²) in [5.41, 5.74) is 0. The molecular formula is C6H17NO4S. The average molecular weight is 199 g/mol. The summed E-state index contributed by atoms with van der Waals surface area (Å²) in [6.07, 6.45) is 2.61. The fourth-order valence-electron chi connectivity index (χ4n) is 0.479. The molecule has 12 heavy (non-hydrogen) atoms. The summed E-state index contributed by atoms with van der Waals surface area (Å²) < 4.78 is 31.6. The van der Waals surface area contributed by atoms with Gasteiger partial charge in [-0.1, -0.05) is 20.3 Å². The van der Waals surface area contributed by atoms with E-state index in [1.165, 1.54) is 19.4 Å². The fourth-order valence-corrected chi connectivity index (χ4v) is 0.479. The molecule has 0 aliphatic carbocycles. The maximum absolute atomic E-state index is 8.74. The second-order valence-corrected chi connectivity index (χ2v) is 3.05. The number of rotatable bonds is 4. The van der Waals surface area contributed by atoms with Crippen LogP contribution in [-0.2, 0) is 10.4 Å². The zero-order valence-electron chi connectivity index (χ0n) is 7.45. The Balaban J connectivity index is 0. The Morgan fingerprint density at radius 2 is 1.67 bits per heavy atom. The Labute approximate surface area is 73.8 Å². The molecule has 0 fully saturated rings. The molecule has 0 amide bonds. The van der Waals surface area contributed by atoms with Crippen molar-refractivity contribution >= 4 is 10.4 Å². The van der Waals surface area contributed by atoms with Crippen LogP contribution in [-0.4, -0.2) is 30.6 Å². The number of nitrogens with one attached hydrogen (secondary N) is 1. The van der Waals surface area contributed by atoms with Crippen molar-refractivity contribution in [1.82, 2.24) is 5.32 Å². The van der Waals surface area contributed by atoms with Crippen LogP contribution < -0.4 is 5.32 Å². The van der Waals surface area contributed by atoms with Crippen molar-refractivity contribution in [1.29, 1.82) is 0 Å². The normalized spacial score (nSPS) is 10.3. The lowest BCUT2D eigenvalue weighted by Crippen LogP contribution is -2.13. The smallest absolute Gasteiger partial charge is 0.317 e. The standard InChI is InChI=1S/C6H15N.H2O4S/c1-3-5-6-7-4-2;1-5(2,3)4/h7H,3-6H2,1-2H3;(H2,1,2,3,4). The molecule has 0 aliphatic rings. The predicted octanol–water partition coefficient (Wildman–Crippen LogP) is 0.743. The highest BCUT2D eigenvalue weighted by Gasteiger charge is 1.84. The monoisotopic (exact) mass is 199 g/mol. The summed E-state index contributed by atoms with van der Waals surface area (Å²) >= 11 is 0. The topological polar surface area (TPSA) is 86.6 Å². The highest BCUT2D eigenvalue weighted by Crippen LogP contribution is 1.80. The molecule has 0 aromatic heterocycles. The number of unbranched alkanes of at least 4 members (excludes halogenated alkanes) is 1. The van der Waals surface area contributed by atoms with Crippen molar-refractivity contribution < 1.29 is 17.5 Å². The van der Waals surface area contributed by atoms with Crippen LogP contribution in [0.1, 0.15) is 26.7 Å². The zero-order valence-corrected chi connectivity index (χ0v) is 8.26. The summed E-state index contributed by atoms with van der Waals surface area (Å²) in [4.78, 5) is 0. The molecule has 5 nitrogen and oxygen atoms in total. The first-order chi connectivity index (χ1) is 5.41. The van der Waals surface area contributed by atoms with E-state index in [4.69, 9.17) is 17.5 Å². The van der Waals surface area contributed by atoms with Gasteiger partial charge in [0, 0.05) is 0 Å². The maximum Gasteiger partial charge on any atom is 0.394 e. The van der Waals surface area contributed by atoms with Crippen LogP contribution in [0.5, 0.6) is 0 Å². The van der Waals surface area contributed by atoms with Crippen LogP contribution in [0.25, 0.3) is 0 Å². The highest BCUT2D eigenvalue weighted by atomic mass is 32.3. The Morgan fingerprint density at radius 1 is 1.25 bits per heavy atom. The molecule has 0 radical (unpaired) electrons. The zero-order chi connectivity index (χ0) is 10.0. The minimum atomic E-state index is -4.67. The third kappa shape index (κ3) is 52.2. The van der Waals surface area contributed by atoms with Gasteiger partial charge in [-0.15, -0.1) is 0 Å². The van der Waals surface area contributed by atoms with E-state index in [2.05, 4.69) is 19.2 Å². The molecule has 0 unspecified atom stereocenters. The minimum Gasteiger partial charge on any atom is -0.317 e. The fraction of sp³-hybridized carbons (Fsp3) is 1.00. The number of hydrogen-bond donors (Lipinski definition) is 3. The number of hydrogen-bond acceptors (Lipinski definition) is 3. The molecule has 76 valence electrons. The van der Waals surface area contributed by atoms with Crippen LogP contribution in [0.15, 0.2) is 0 Å². The van der Waals surface area contributed by atoms with Gasteiger partial charge in [0.05, 0.1) is 0 Å². The Morgan fingerprint density at radius 3 is 1.92 bits per heavy atom. The Kier molecular flexibility index (Phi) is 10.7. The molecule has 0 aromatic rings. The summed E-state index contributed by atoms with van der Waals surface area (Å²) in [6, 6.07) is 0. The molecule has 0 saturated carbocycles. The maximum atomic E-state index is 8.74. The van der Waals surface area contributed by atoms with E-state index in [1.807, 2.05) is 0 Å². The van der Waals surface area contributed by atoms with E-state index < -0.39 is 10.4 Å². The lowest BCUT2D eigenvalue weighted by molar-refractivity contribution is 0.381. The van der Waals surface area contributed by atoms with E-state index in [0.29, 0.717) is 0 Å². The third-order valence-corrected chi connectivity index (χ3v) is 0.957. The van der Waals surface area contributed by atoms with E-state index in [9.17, 15) is 0 Å². The summed E-state index contributed by atoms with van der Waals surface area (Å²) in [6.45, 7) is 6.64. The van der Waals surface area contributed by atoms with E-state index in [0.717, 1.165) is 6.54 Å². The summed E-state index contributed by atoms with van der Waals surface area (Å²) in [7, 11) is -4.67. The molecule has 6 heteroatoms. The SMILES string of the molecule is CCCCNCC.O=S(=O)(O)O. The van der Waals surface area contributed by atoms with Gasteiger partial charge in [-0.05, 0) is 19.5 Å².